The molecule has 2 aliphatic rings. The van der Waals surface area contributed by atoms with Gasteiger partial charge in [-0.05, 0) is 24.8 Å². The lowest BCUT2D eigenvalue weighted by atomic mass is 10.0. The molecule has 0 saturated carbocycles. The Morgan fingerprint density at radius 2 is 2.11 bits per heavy atom. The van der Waals surface area contributed by atoms with Crippen LogP contribution in [0.25, 0.3) is 22.7 Å². The van der Waals surface area contributed by atoms with E-state index < -0.39 is 21.4 Å². The van der Waals surface area contributed by atoms with Crippen LogP contribution in [0, 0.1) is 0 Å². The van der Waals surface area contributed by atoms with Gasteiger partial charge in [-0.15, -0.1) is 0 Å². The van der Waals surface area contributed by atoms with E-state index in [1.807, 2.05) is 6.92 Å². The maximum Gasteiger partial charge on any atom is 0.236 e. The number of fused-ring (bicyclic) bond motifs is 1. The van der Waals surface area contributed by atoms with Gasteiger partial charge in [-0.3, -0.25) is 9.29 Å². The van der Waals surface area contributed by atoms with E-state index in [2.05, 4.69) is 41.4 Å². The van der Waals surface area contributed by atoms with Crippen molar-refractivity contribution in [3.8, 4) is 17.2 Å². The highest BCUT2D eigenvalue weighted by Gasteiger charge is 2.39. The molecule has 0 amide bonds. The van der Waals surface area contributed by atoms with Crippen LogP contribution in [0.15, 0.2) is 46.9 Å². The molecule has 4 heterocycles. The molecule has 13 nitrogen and oxygen atoms in total. The van der Waals surface area contributed by atoms with Crippen molar-refractivity contribution in [2.75, 3.05) is 37.3 Å². The fraction of sp³-hybridized carbons (Fsp3) is 0.304. The third kappa shape index (κ3) is 4.79. The van der Waals surface area contributed by atoms with Crippen LogP contribution in [-0.4, -0.2) is 82.2 Å². The Hall–Kier alpha value is -4.19. The maximum absolute atomic E-state index is 12.6. The number of rotatable bonds is 8. The molecule has 0 aliphatic carbocycles. The minimum absolute atomic E-state index is 0.0570. The van der Waals surface area contributed by atoms with Crippen molar-refractivity contribution in [2.24, 2.45) is 4.99 Å². The number of imidazole rings is 1. The average Bonchev–Trinajstić information content (AvgIpc) is 3.21. The Morgan fingerprint density at radius 3 is 2.81 bits per heavy atom. The first-order valence-electron chi connectivity index (χ1n) is 11.2. The fourth-order valence-electron chi connectivity index (χ4n) is 3.91. The first kappa shape index (κ1) is 24.5. The zero-order valence-electron chi connectivity index (χ0n) is 19.9. The number of para-hydroxylation sites is 1. The molecule has 0 spiro atoms. The van der Waals surface area contributed by atoms with Gasteiger partial charge in [0, 0.05) is 13.1 Å². The molecule has 37 heavy (non-hydrogen) atoms. The molecule has 0 bridgehead atoms. The zero-order valence-corrected chi connectivity index (χ0v) is 20.7. The predicted molar refractivity (Wildman–Crippen MR) is 134 cm³/mol. The van der Waals surface area contributed by atoms with Crippen LogP contribution >= 0.6 is 0 Å². The Balaban J connectivity index is 1.64. The molecule has 2 aliphatic heterocycles. The van der Waals surface area contributed by atoms with E-state index in [1.165, 1.54) is 30.0 Å². The summed E-state index contributed by atoms with van der Waals surface area (Å²) in [6.45, 7) is 2.55. The van der Waals surface area contributed by atoms with Gasteiger partial charge in [-0.1, -0.05) is 11.8 Å². The summed E-state index contributed by atoms with van der Waals surface area (Å²) in [5.74, 6) is 0.0772. The van der Waals surface area contributed by atoms with Crippen molar-refractivity contribution in [2.45, 2.75) is 12.5 Å². The SMILES string of the molecule is CCOC1=NC(c2nc3nc(NS(=O)(=O)CC4(O)CNC4)cnc3n2-c2c(O)cccc2OC)=C=C=C1. The molecule has 0 unspecified atom stereocenters. The molecule has 14 heteroatoms. The van der Waals surface area contributed by atoms with Crippen molar-refractivity contribution >= 4 is 38.7 Å². The van der Waals surface area contributed by atoms with Gasteiger partial charge in [0.15, 0.2) is 23.0 Å². The van der Waals surface area contributed by atoms with Crippen LogP contribution in [-0.2, 0) is 14.8 Å². The molecule has 3 aromatic rings. The van der Waals surface area contributed by atoms with E-state index in [9.17, 15) is 18.6 Å². The summed E-state index contributed by atoms with van der Waals surface area (Å²) in [6.07, 6.45) is 2.74. The highest BCUT2D eigenvalue weighted by molar-refractivity contribution is 7.92. The normalized spacial score (nSPS) is 16.2. The molecular formula is C23H23N7O6S. The van der Waals surface area contributed by atoms with E-state index in [4.69, 9.17) is 9.47 Å². The summed E-state index contributed by atoms with van der Waals surface area (Å²) in [4.78, 5) is 17.7. The van der Waals surface area contributed by atoms with Gasteiger partial charge in [-0.25, -0.2) is 28.4 Å². The van der Waals surface area contributed by atoms with Gasteiger partial charge in [-0.2, -0.15) is 0 Å². The number of hydrogen-bond acceptors (Lipinski definition) is 11. The van der Waals surface area contributed by atoms with E-state index in [0.717, 1.165) is 0 Å². The van der Waals surface area contributed by atoms with Crippen LogP contribution in [0.1, 0.15) is 12.7 Å². The number of aliphatic hydroxyl groups is 1. The second kappa shape index (κ2) is 9.36. The largest absolute Gasteiger partial charge is 0.506 e. The first-order chi connectivity index (χ1) is 17.7. The van der Waals surface area contributed by atoms with E-state index in [1.54, 1.807) is 12.1 Å². The number of hydrogen-bond donors (Lipinski definition) is 4. The number of phenols is 1. The number of benzene rings is 1. The number of aromatic hydroxyl groups is 1. The lowest BCUT2D eigenvalue weighted by Gasteiger charge is -2.36. The first-order valence-corrected chi connectivity index (χ1v) is 12.9. The zero-order chi connectivity index (χ0) is 26.2. The molecule has 0 atom stereocenters. The summed E-state index contributed by atoms with van der Waals surface area (Å²) >= 11 is 0. The lowest BCUT2D eigenvalue weighted by molar-refractivity contribution is 0.0121. The number of aliphatic imine (C=N–C) groups is 1. The number of β-amino-alcohol motifs (C(OH)–C–C–N with tert-alkyl or cyclic N) is 1. The molecule has 4 N–H and O–H groups in total. The standard InChI is InChI=1S/C23H23N7O6S/c1-3-36-18-9-4-6-14(26-18)21-28-20-22(30(21)19-15(31)7-5-8-16(19)35-2)25-10-17(27-20)29-37(33,34)13-23(32)11-24-12-23/h5,7-10,24,31-32H,3,11-13H2,1-2H3,(H,27,29). The van der Waals surface area contributed by atoms with Gasteiger partial charge < -0.3 is 25.0 Å². The third-order valence-corrected chi connectivity index (χ3v) is 6.97. The topological polar surface area (TPSA) is 173 Å². The summed E-state index contributed by atoms with van der Waals surface area (Å²) < 4.78 is 40.0. The summed E-state index contributed by atoms with van der Waals surface area (Å²) in [6, 6.07) is 4.75. The maximum atomic E-state index is 12.6. The average molecular weight is 526 g/mol. The number of anilines is 1. The molecular weight excluding hydrogens is 502 g/mol. The van der Waals surface area contributed by atoms with Crippen molar-refractivity contribution < 1.29 is 28.1 Å². The van der Waals surface area contributed by atoms with Gasteiger partial charge in [0.05, 0.1) is 26.0 Å². The predicted octanol–water partition coefficient (Wildman–Crippen LogP) is 0.705. The minimum Gasteiger partial charge on any atom is -0.506 e. The van der Waals surface area contributed by atoms with Crippen LogP contribution in [0.4, 0.5) is 5.82 Å². The van der Waals surface area contributed by atoms with Crippen LogP contribution in [0.3, 0.4) is 0 Å². The number of phenolic OH excluding ortho intramolecular Hbond substituents is 1. The molecule has 0 radical (unpaired) electrons. The Kier molecular flexibility index (Phi) is 6.20. The van der Waals surface area contributed by atoms with Gasteiger partial charge in [0.25, 0.3) is 0 Å². The Bertz CT molecular complexity index is 1630. The third-order valence-electron chi connectivity index (χ3n) is 5.53. The molecule has 192 valence electrons. The van der Waals surface area contributed by atoms with Crippen LogP contribution < -0.4 is 14.8 Å². The lowest BCUT2D eigenvalue weighted by Crippen LogP contribution is -2.63. The second-order valence-corrected chi connectivity index (χ2v) is 10.1. The monoisotopic (exact) mass is 525 g/mol. The van der Waals surface area contributed by atoms with Gasteiger partial charge in [0.2, 0.25) is 21.6 Å². The number of methoxy groups -OCH3 is 1. The van der Waals surface area contributed by atoms with Crippen molar-refractivity contribution in [3.63, 3.8) is 0 Å². The summed E-state index contributed by atoms with van der Waals surface area (Å²) in [5, 5.41) is 23.8. The number of nitrogens with zero attached hydrogens (tertiary/aromatic N) is 5. The number of sulfonamides is 1. The smallest absolute Gasteiger partial charge is 0.236 e. The van der Waals surface area contributed by atoms with Gasteiger partial charge in [0.1, 0.15) is 28.5 Å². The summed E-state index contributed by atoms with van der Waals surface area (Å²) in [7, 11) is -2.48. The quantitative estimate of drug-likeness (QED) is 0.307. The van der Waals surface area contributed by atoms with Crippen LogP contribution in [0.2, 0.25) is 0 Å². The minimum atomic E-state index is -3.94. The molecule has 1 fully saturated rings. The molecule has 1 saturated heterocycles. The van der Waals surface area contributed by atoms with Crippen LogP contribution in [0.5, 0.6) is 11.5 Å². The number of nitrogens with one attached hydrogen (secondary N) is 2. The van der Waals surface area contributed by atoms with Crippen molar-refractivity contribution in [1.29, 1.82) is 0 Å². The van der Waals surface area contributed by atoms with Crippen molar-refractivity contribution in [1.82, 2.24) is 24.8 Å². The number of aromatic nitrogens is 4. The molecule has 2 aromatic heterocycles. The number of ether oxygens (including phenoxy) is 2. The second-order valence-electron chi connectivity index (χ2n) is 8.34. The molecule has 5 rings (SSSR count). The Labute approximate surface area is 211 Å². The highest BCUT2D eigenvalue weighted by Crippen LogP contribution is 2.36. The highest BCUT2D eigenvalue weighted by atomic mass is 32.2. The summed E-state index contributed by atoms with van der Waals surface area (Å²) in [5.41, 5.74) is 5.06. The van der Waals surface area contributed by atoms with E-state index in [0.29, 0.717) is 12.4 Å². The van der Waals surface area contributed by atoms with Gasteiger partial charge >= 0.3 is 0 Å². The Morgan fingerprint density at radius 1 is 1.30 bits per heavy atom. The van der Waals surface area contributed by atoms with E-state index >= 15 is 0 Å². The molecule has 1 aromatic carbocycles. The van der Waals surface area contributed by atoms with Crippen molar-refractivity contribution in [3.05, 3.63) is 47.8 Å². The fourth-order valence-corrected chi connectivity index (χ4v) is 5.31. The van der Waals surface area contributed by atoms with E-state index in [-0.39, 0.29) is 59.1 Å².